The second-order valence-corrected chi connectivity index (χ2v) is 8.25. The minimum absolute atomic E-state index is 0.0387. The summed E-state index contributed by atoms with van der Waals surface area (Å²) >= 11 is 1.52. The number of aromatic nitrogens is 3. The third-order valence-corrected chi connectivity index (χ3v) is 5.77. The van der Waals surface area contributed by atoms with Crippen molar-refractivity contribution in [3.05, 3.63) is 65.2 Å². The molecule has 33 heavy (non-hydrogen) atoms. The van der Waals surface area contributed by atoms with Crippen LogP contribution in [0.3, 0.4) is 0 Å². The van der Waals surface area contributed by atoms with E-state index >= 15 is 0 Å². The molecule has 0 aliphatic heterocycles. The van der Waals surface area contributed by atoms with E-state index in [1.807, 2.05) is 54.8 Å². The van der Waals surface area contributed by atoms with Crippen molar-refractivity contribution in [3.63, 3.8) is 0 Å². The number of nitrogens with one attached hydrogen (secondary N) is 3. The van der Waals surface area contributed by atoms with Crippen molar-refractivity contribution in [2.45, 2.75) is 20.3 Å². The number of aryl methyl sites for hydroxylation is 1. The Morgan fingerprint density at radius 2 is 1.85 bits per heavy atom. The van der Waals surface area contributed by atoms with Crippen molar-refractivity contribution < 1.29 is 14.4 Å². The van der Waals surface area contributed by atoms with Crippen molar-refractivity contribution in [1.29, 1.82) is 0 Å². The summed E-state index contributed by atoms with van der Waals surface area (Å²) < 4.78 is 1.71. The van der Waals surface area contributed by atoms with Gasteiger partial charge in [0.2, 0.25) is 11.8 Å². The van der Waals surface area contributed by atoms with Gasteiger partial charge in [-0.1, -0.05) is 24.3 Å². The number of carbonyl (C=O) groups excluding carboxylic acids is 3. The second-order valence-electron chi connectivity index (χ2n) is 7.30. The minimum Gasteiger partial charge on any atom is -0.356 e. The monoisotopic (exact) mass is 462 g/mol. The molecule has 168 valence electrons. The molecule has 10 heteroatoms. The first-order chi connectivity index (χ1) is 15.9. The number of hydrogen-bond donors (Lipinski definition) is 3. The molecular formula is C23H22N6O3S. The Balaban J connectivity index is 1.69. The Bertz CT molecular complexity index is 1320. The van der Waals surface area contributed by atoms with Crippen LogP contribution in [0, 0.1) is 6.92 Å². The fourth-order valence-corrected chi connectivity index (χ4v) is 4.06. The van der Waals surface area contributed by atoms with Crippen LogP contribution in [0.1, 0.15) is 29.4 Å². The number of amides is 3. The Hall–Kier alpha value is -4.05. The zero-order valence-corrected chi connectivity index (χ0v) is 18.9. The number of nitrogens with zero attached hydrogens (tertiary/aromatic N) is 3. The molecule has 0 spiro atoms. The van der Waals surface area contributed by atoms with Gasteiger partial charge in [0.15, 0.2) is 5.65 Å². The van der Waals surface area contributed by atoms with Gasteiger partial charge in [0.1, 0.15) is 0 Å². The van der Waals surface area contributed by atoms with Crippen molar-refractivity contribution >= 4 is 40.1 Å². The van der Waals surface area contributed by atoms with Gasteiger partial charge in [-0.3, -0.25) is 25.2 Å². The Kier molecular flexibility index (Phi) is 6.45. The number of hydrogen-bond acceptors (Lipinski definition) is 6. The van der Waals surface area contributed by atoms with E-state index in [1.54, 1.807) is 10.7 Å². The van der Waals surface area contributed by atoms with Gasteiger partial charge >= 0.3 is 0 Å². The number of carbonyl (C=O) groups is 3. The topological polar surface area (TPSA) is 118 Å². The van der Waals surface area contributed by atoms with Crippen LogP contribution in [0.2, 0.25) is 0 Å². The van der Waals surface area contributed by atoms with E-state index in [-0.39, 0.29) is 18.9 Å². The lowest BCUT2D eigenvalue weighted by molar-refractivity contribution is -0.122. The molecule has 4 aromatic rings. The predicted molar refractivity (Wildman–Crippen MR) is 126 cm³/mol. The van der Waals surface area contributed by atoms with Gasteiger partial charge in [0.25, 0.3) is 5.91 Å². The van der Waals surface area contributed by atoms with Crippen LogP contribution in [0.5, 0.6) is 0 Å². The van der Waals surface area contributed by atoms with Gasteiger partial charge in [-0.05, 0) is 36.6 Å². The first-order valence-corrected chi connectivity index (χ1v) is 11.2. The van der Waals surface area contributed by atoms with Gasteiger partial charge in [-0.15, -0.1) is 11.3 Å². The molecule has 0 aliphatic rings. The maximum Gasteiger partial charge on any atom is 0.270 e. The largest absolute Gasteiger partial charge is 0.356 e. The average Bonchev–Trinajstić information content (AvgIpc) is 3.46. The first kappa shape index (κ1) is 22.2. The number of thiophene rings is 1. The smallest absolute Gasteiger partial charge is 0.270 e. The van der Waals surface area contributed by atoms with Gasteiger partial charge in [0, 0.05) is 19.9 Å². The molecule has 0 atom stereocenters. The van der Waals surface area contributed by atoms with E-state index in [1.165, 1.54) is 18.3 Å². The normalized spacial score (nSPS) is 10.7. The third kappa shape index (κ3) is 4.90. The highest BCUT2D eigenvalue weighted by atomic mass is 32.1. The van der Waals surface area contributed by atoms with E-state index in [0.717, 1.165) is 10.6 Å². The van der Waals surface area contributed by atoms with Crippen LogP contribution in [-0.2, 0) is 9.59 Å². The second kappa shape index (κ2) is 9.61. The molecule has 0 radical (unpaired) electrons. The van der Waals surface area contributed by atoms with E-state index < -0.39 is 11.8 Å². The van der Waals surface area contributed by atoms with E-state index in [2.05, 4.69) is 21.3 Å². The van der Waals surface area contributed by atoms with Gasteiger partial charge in [0.05, 0.1) is 32.9 Å². The molecule has 0 aliphatic carbocycles. The Morgan fingerprint density at radius 1 is 1.06 bits per heavy atom. The lowest BCUT2D eigenvalue weighted by atomic mass is 10.1. The number of para-hydroxylation sites is 1. The van der Waals surface area contributed by atoms with E-state index in [4.69, 9.17) is 4.98 Å². The first-order valence-electron chi connectivity index (χ1n) is 10.3. The molecule has 0 fully saturated rings. The molecule has 9 nitrogen and oxygen atoms in total. The van der Waals surface area contributed by atoms with Crippen LogP contribution >= 0.6 is 11.3 Å². The van der Waals surface area contributed by atoms with Crippen molar-refractivity contribution in [2.75, 3.05) is 6.54 Å². The fraction of sp³-hybridized carbons (Fsp3) is 0.174. The average molecular weight is 463 g/mol. The molecule has 3 N–H and O–H groups in total. The van der Waals surface area contributed by atoms with Gasteiger partial charge in [-0.2, -0.15) is 5.10 Å². The molecular weight excluding hydrogens is 440 g/mol. The van der Waals surface area contributed by atoms with Crippen LogP contribution in [0.15, 0.2) is 53.9 Å². The highest BCUT2D eigenvalue weighted by Crippen LogP contribution is 2.30. The summed E-state index contributed by atoms with van der Waals surface area (Å²) in [6.07, 6.45) is 0.0387. The number of rotatable bonds is 6. The molecule has 1 aromatic carbocycles. The highest BCUT2D eigenvalue weighted by molar-refractivity contribution is 7.13. The summed E-state index contributed by atoms with van der Waals surface area (Å²) in [5.74, 6) is -1.13. The number of pyridine rings is 1. The lowest BCUT2D eigenvalue weighted by Crippen LogP contribution is -2.42. The molecule has 3 aromatic heterocycles. The van der Waals surface area contributed by atoms with Crippen LogP contribution in [0.4, 0.5) is 0 Å². The Labute approximate surface area is 193 Å². The van der Waals surface area contributed by atoms with Crippen LogP contribution in [-0.4, -0.2) is 39.0 Å². The van der Waals surface area contributed by atoms with Crippen molar-refractivity contribution in [2.24, 2.45) is 0 Å². The molecule has 0 saturated carbocycles. The molecule has 4 rings (SSSR count). The minimum atomic E-state index is -0.483. The van der Waals surface area contributed by atoms with Crippen molar-refractivity contribution in [3.8, 4) is 16.3 Å². The zero-order valence-electron chi connectivity index (χ0n) is 18.1. The maximum absolute atomic E-state index is 13.1. The summed E-state index contributed by atoms with van der Waals surface area (Å²) in [7, 11) is 0. The maximum atomic E-state index is 13.1. The van der Waals surface area contributed by atoms with Gasteiger partial charge in [-0.25, -0.2) is 9.67 Å². The standard InChI is InChI=1S/C23H22N6O3S/c1-14-21-17(23(32)27-26-20(31)10-11-24-15(2)30)13-18(19-9-6-12-33-19)25-22(21)29(28-14)16-7-4-3-5-8-16/h3-9,12-13H,10-11H2,1-2H3,(H,24,30)(H,26,31)(H,27,32). The third-order valence-electron chi connectivity index (χ3n) is 4.87. The number of fused-ring (bicyclic) bond motifs is 1. The van der Waals surface area contributed by atoms with Crippen LogP contribution in [0.25, 0.3) is 27.3 Å². The lowest BCUT2D eigenvalue weighted by Gasteiger charge is -2.10. The predicted octanol–water partition coefficient (Wildman–Crippen LogP) is 2.74. The fourth-order valence-electron chi connectivity index (χ4n) is 3.38. The number of hydrazine groups is 1. The van der Waals surface area contributed by atoms with Crippen LogP contribution < -0.4 is 16.2 Å². The van der Waals surface area contributed by atoms with Crippen molar-refractivity contribution in [1.82, 2.24) is 30.9 Å². The van der Waals surface area contributed by atoms with E-state index in [9.17, 15) is 14.4 Å². The summed E-state index contributed by atoms with van der Waals surface area (Å²) in [6, 6.07) is 15.1. The SMILES string of the molecule is CC(=O)NCCC(=O)NNC(=O)c1cc(-c2cccs2)nc2c1c(C)nn2-c1ccccc1. The number of benzene rings is 1. The summed E-state index contributed by atoms with van der Waals surface area (Å²) in [5, 5.41) is 9.71. The van der Waals surface area contributed by atoms with E-state index in [0.29, 0.717) is 28.0 Å². The Morgan fingerprint density at radius 3 is 2.55 bits per heavy atom. The molecule has 3 heterocycles. The molecule has 3 amide bonds. The molecule has 0 unspecified atom stereocenters. The highest BCUT2D eigenvalue weighted by Gasteiger charge is 2.21. The summed E-state index contributed by atoms with van der Waals surface area (Å²) in [5.41, 5.74) is 7.86. The summed E-state index contributed by atoms with van der Waals surface area (Å²) in [4.78, 5) is 41.8. The summed E-state index contributed by atoms with van der Waals surface area (Å²) in [6.45, 7) is 3.37. The molecule has 0 saturated heterocycles. The molecule has 0 bridgehead atoms. The quantitative estimate of drug-likeness (QED) is 0.381. The zero-order chi connectivity index (χ0) is 23.4. The van der Waals surface area contributed by atoms with Gasteiger partial charge < -0.3 is 5.32 Å².